The average Bonchev–Trinajstić information content (AvgIpc) is 2.51. The Kier molecular flexibility index (Phi) is 4.21. The van der Waals surface area contributed by atoms with Gasteiger partial charge in [0, 0.05) is 10.7 Å². The Hall–Kier alpha value is -2.53. The first-order valence-electron chi connectivity index (χ1n) is 7.25. The summed E-state index contributed by atoms with van der Waals surface area (Å²) in [5.74, 6) is -0.450. The summed E-state index contributed by atoms with van der Waals surface area (Å²) in [6, 6.07) is 12.0. The van der Waals surface area contributed by atoms with Crippen LogP contribution in [0.1, 0.15) is 12.0 Å². The first-order valence-corrected chi connectivity index (χ1v) is 7.63. The van der Waals surface area contributed by atoms with Crippen LogP contribution in [0.4, 0.5) is 17.1 Å². The second-order valence-electron chi connectivity index (χ2n) is 5.44. The van der Waals surface area contributed by atoms with E-state index >= 15 is 0 Å². The van der Waals surface area contributed by atoms with Crippen molar-refractivity contribution in [3.63, 3.8) is 0 Å². The number of hydrogen-bond acceptors (Lipinski definition) is 3. The SMILES string of the molecule is Cc1cc(Cl)ccc1NC(=O)CC1Nc2ccccc2NC1=O. The van der Waals surface area contributed by atoms with Crippen molar-refractivity contribution in [3.8, 4) is 0 Å². The van der Waals surface area contributed by atoms with Crippen molar-refractivity contribution >= 4 is 40.5 Å². The predicted molar refractivity (Wildman–Crippen MR) is 91.9 cm³/mol. The molecule has 5 nitrogen and oxygen atoms in total. The normalized spacial score (nSPS) is 16.1. The van der Waals surface area contributed by atoms with Gasteiger partial charge in [0.05, 0.1) is 17.8 Å². The molecule has 0 saturated heterocycles. The molecule has 23 heavy (non-hydrogen) atoms. The minimum Gasteiger partial charge on any atom is -0.372 e. The number of para-hydroxylation sites is 2. The van der Waals surface area contributed by atoms with Crippen molar-refractivity contribution < 1.29 is 9.59 Å². The van der Waals surface area contributed by atoms with Gasteiger partial charge in [-0.3, -0.25) is 9.59 Å². The maximum absolute atomic E-state index is 12.2. The number of anilines is 3. The maximum Gasteiger partial charge on any atom is 0.247 e. The molecule has 1 heterocycles. The van der Waals surface area contributed by atoms with Gasteiger partial charge in [0.2, 0.25) is 11.8 Å². The molecule has 2 aromatic rings. The summed E-state index contributed by atoms with van der Waals surface area (Å²) < 4.78 is 0. The highest BCUT2D eigenvalue weighted by molar-refractivity contribution is 6.30. The Morgan fingerprint density at radius 3 is 2.70 bits per heavy atom. The van der Waals surface area contributed by atoms with Crippen LogP contribution < -0.4 is 16.0 Å². The minimum atomic E-state index is -0.600. The minimum absolute atomic E-state index is 0.0439. The molecule has 6 heteroatoms. The molecular formula is C17H16ClN3O2. The number of benzene rings is 2. The van der Waals surface area contributed by atoms with E-state index in [1.807, 2.05) is 31.2 Å². The number of aryl methyl sites for hydroxylation is 1. The molecule has 1 aliphatic heterocycles. The number of carbonyl (C=O) groups excluding carboxylic acids is 2. The monoisotopic (exact) mass is 329 g/mol. The largest absolute Gasteiger partial charge is 0.372 e. The van der Waals surface area contributed by atoms with E-state index in [0.29, 0.717) is 10.7 Å². The third-order valence-corrected chi connectivity index (χ3v) is 3.92. The van der Waals surface area contributed by atoms with Crippen LogP contribution in [0, 0.1) is 6.92 Å². The molecule has 2 aromatic carbocycles. The Morgan fingerprint density at radius 2 is 1.96 bits per heavy atom. The molecule has 0 radical (unpaired) electrons. The molecule has 0 spiro atoms. The van der Waals surface area contributed by atoms with E-state index in [2.05, 4.69) is 16.0 Å². The summed E-state index contributed by atoms with van der Waals surface area (Å²) in [5, 5.41) is 9.32. The molecule has 3 N–H and O–H groups in total. The zero-order valence-electron chi connectivity index (χ0n) is 12.5. The number of carbonyl (C=O) groups is 2. The fourth-order valence-corrected chi connectivity index (χ4v) is 2.72. The molecule has 3 rings (SSSR count). The Bertz CT molecular complexity index is 776. The van der Waals surface area contributed by atoms with Crippen molar-refractivity contribution in [1.82, 2.24) is 0 Å². The van der Waals surface area contributed by atoms with E-state index in [1.165, 1.54) is 0 Å². The molecule has 2 amide bonds. The highest BCUT2D eigenvalue weighted by atomic mass is 35.5. The van der Waals surface area contributed by atoms with Crippen LogP contribution in [0.25, 0.3) is 0 Å². The lowest BCUT2D eigenvalue weighted by Gasteiger charge is -2.26. The van der Waals surface area contributed by atoms with Crippen LogP contribution in [0.3, 0.4) is 0 Å². The van der Waals surface area contributed by atoms with Crippen LogP contribution >= 0.6 is 11.6 Å². The fourth-order valence-electron chi connectivity index (χ4n) is 2.49. The lowest BCUT2D eigenvalue weighted by Crippen LogP contribution is -2.41. The van der Waals surface area contributed by atoms with E-state index < -0.39 is 6.04 Å². The van der Waals surface area contributed by atoms with E-state index in [0.717, 1.165) is 16.9 Å². The molecule has 0 fully saturated rings. The van der Waals surface area contributed by atoms with Gasteiger partial charge in [0.25, 0.3) is 0 Å². The second kappa shape index (κ2) is 6.30. The Balaban J connectivity index is 1.67. The van der Waals surface area contributed by atoms with E-state index in [4.69, 9.17) is 11.6 Å². The number of hydrogen-bond donors (Lipinski definition) is 3. The Labute approximate surface area is 139 Å². The van der Waals surface area contributed by atoms with Gasteiger partial charge in [0.15, 0.2) is 0 Å². The summed E-state index contributed by atoms with van der Waals surface area (Å²) in [5.41, 5.74) is 3.10. The van der Waals surface area contributed by atoms with Crippen LogP contribution in [0.15, 0.2) is 42.5 Å². The summed E-state index contributed by atoms with van der Waals surface area (Å²) in [4.78, 5) is 24.3. The van der Waals surface area contributed by atoms with Crippen molar-refractivity contribution in [2.45, 2.75) is 19.4 Å². The lowest BCUT2D eigenvalue weighted by molar-refractivity contribution is -0.122. The molecule has 118 valence electrons. The van der Waals surface area contributed by atoms with Crippen molar-refractivity contribution in [1.29, 1.82) is 0 Å². The van der Waals surface area contributed by atoms with Gasteiger partial charge in [-0.1, -0.05) is 23.7 Å². The summed E-state index contributed by atoms with van der Waals surface area (Å²) in [6.07, 6.45) is 0.0439. The predicted octanol–water partition coefficient (Wildman–Crippen LogP) is 3.41. The van der Waals surface area contributed by atoms with Crippen LogP contribution in [0.2, 0.25) is 5.02 Å². The van der Waals surface area contributed by atoms with Gasteiger partial charge >= 0.3 is 0 Å². The molecule has 1 unspecified atom stereocenters. The van der Waals surface area contributed by atoms with Gasteiger partial charge in [-0.25, -0.2) is 0 Å². The van der Waals surface area contributed by atoms with Crippen LogP contribution in [-0.4, -0.2) is 17.9 Å². The van der Waals surface area contributed by atoms with Crippen LogP contribution in [-0.2, 0) is 9.59 Å². The summed E-state index contributed by atoms with van der Waals surface area (Å²) in [6.45, 7) is 1.86. The first-order chi connectivity index (χ1) is 11.0. The van der Waals surface area contributed by atoms with Crippen molar-refractivity contribution in [2.24, 2.45) is 0 Å². The number of halogens is 1. The molecule has 1 aliphatic rings. The smallest absolute Gasteiger partial charge is 0.247 e. The van der Waals surface area contributed by atoms with E-state index in [1.54, 1.807) is 18.2 Å². The highest BCUT2D eigenvalue weighted by Crippen LogP contribution is 2.27. The highest BCUT2D eigenvalue weighted by Gasteiger charge is 2.27. The zero-order valence-corrected chi connectivity index (χ0v) is 13.3. The van der Waals surface area contributed by atoms with Gasteiger partial charge in [-0.2, -0.15) is 0 Å². The molecule has 1 atom stereocenters. The number of rotatable bonds is 3. The molecule has 0 aromatic heterocycles. The van der Waals surface area contributed by atoms with Gasteiger partial charge in [-0.15, -0.1) is 0 Å². The number of amides is 2. The Morgan fingerprint density at radius 1 is 1.22 bits per heavy atom. The third kappa shape index (κ3) is 3.46. The standard InChI is InChI=1S/C17H16ClN3O2/c1-10-8-11(18)6-7-12(10)20-16(22)9-15-17(23)21-14-5-3-2-4-13(14)19-15/h2-8,15,19H,9H2,1H3,(H,20,22)(H,21,23). The maximum atomic E-state index is 12.2. The quantitative estimate of drug-likeness (QED) is 0.808. The van der Waals surface area contributed by atoms with Crippen molar-refractivity contribution in [3.05, 3.63) is 53.1 Å². The topological polar surface area (TPSA) is 70.2 Å². The van der Waals surface area contributed by atoms with Gasteiger partial charge < -0.3 is 16.0 Å². The van der Waals surface area contributed by atoms with Gasteiger partial charge in [-0.05, 0) is 42.8 Å². The lowest BCUT2D eigenvalue weighted by atomic mass is 10.1. The second-order valence-corrected chi connectivity index (χ2v) is 5.88. The number of nitrogens with one attached hydrogen (secondary N) is 3. The zero-order chi connectivity index (χ0) is 16.4. The van der Waals surface area contributed by atoms with Crippen molar-refractivity contribution in [2.75, 3.05) is 16.0 Å². The molecular weight excluding hydrogens is 314 g/mol. The third-order valence-electron chi connectivity index (χ3n) is 3.68. The van der Waals surface area contributed by atoms with E-state index in [9.17, 15) is 9.59 Å². The molecule has 0 aliphatic carbocycles. The van der Waals surface area contributed by atoms with Crippen LogP contribution in [0.5, 0.6) is 0 Å². The van der Waals surface area contributed by atoms with Gasteiger partial charge in [0.1, 0.15) is 6.04 Å². The first kappa shape index (κ1) is 15.4. The number of fused-ring (bicyclic) bond motifs is 1. The summed E-state index contributed by atoms with van der Waals surface area (Å²) >= 11 is 5.90. The average molecular weight is 330 g/mol. The van der Waals surface area contributed by atoms with E-state index in [-0.39, 0.29) is 18.2 Å². The fraction of sp³-hybridized carbons (Fsp3) is 0.176. The molecule has 0 bridgehead atoms. The molecule has 0 saturated carbocycles. The summed E-state index contributed by atoms with van der Waals surface area (Å²) in [7, 11) is 0.